The maximum Gasteiger partial charge on any atom is 0.275 e. The lowest BCUT2D eigenvalue weighted by Gasteiger charge is -2.30. The Morgan fingerprint density at radius 1 is 1.14 bits per heavy atom. The van der Waals surface area contributed by atoms with Crippen LogP contribution in [0, 0.1) is 18.6 Å². The third-order valence-electron chi connectivity index (χ3n) is 5.18. The van der Waals surface area contributed by atoms with Crippen LogP contribution >= 0.6 is 12.2 Å². The fourth-order valence-corrected chi connectivity index (χ4v) is 4.00. The molecule has 0 atom stereocenters. The predicted molar refractivity (Wildman–Crippen MR) is 114 cm³/mol. The molecular weight excluding hydrogens is 386 g/mol. The summed E-state index contributed by atoms with van der Waals surface area (Å²) in [6, 6.07) is 6.22. The minimum atomic E-state index is -0.179. The molecule has 1 aliphatic heterocycles. The molecule has 9 heteroatoms. The van der Waals surface area contributed by atoms with Crippen molar-refractivity contribution in [2.75, 3.05) is 32.7 Å². The van der Waals surface area contributed by atoms with Crippen LogP contribution in [0.4, 0.5) is 0 Å². The van der Waals surface area contributed by atoms with Crippen LogP contribution in [0.25, 0.3) is 5.69 Å². The highest BCUT2D eigenvalue weighted by atomic mass is 32.1. The predicted octanol–water partition coefficient (Wildman–Crippen LogP) is -0.929. The van der Waals surface area contributed by atoms with Crippen molar-refractivity contribution in [2.45, 2.75) is 46.8 Å². The van der Waals surface area contributed by atoms with Crippen molar-refractivity contribution in [1.29, 1.82) is 0 Å². The first-order valence-electron chi connectivity index (χ1n) is 10.2. The average Bonchev–Trinajstić information content (AvgIpc) is 2.96. The summed E-state index contributed by atoms with van der Waals surface area (Å²) in [6.07, 6.45) is 0. The van der Waals surface area contributed by atoms with Gasteiger partial charge in [0.05, 0.1) is 5.69 Å². The average molecular weight is 420 g/mol. The third-order valence-corrected chi connectivity index (χ3v) is 5.57. The standard InChI is InChI=1S/C20H31N7OS/c1-15-6-7-17(16(2)12-15)27-19(29)26(22-23-27)14-25-10-8-24(9-11-25)13-18(28)21-20(3,4)5/h6-7,12H,8-11,13-14H2,1-5H3,(H,21,28)/p+2. The summed E-state index contributed by atoms with van der Waals surface area (Å²) in [7, 11) is 0. The number of hydrogen-bond donors (Lipinski definition) is 3. The van der Waals surface area contributed by atoms with E-state index < -0.39 is 0 Å². The van der Waals surface area contributed by atoms with Crippen LogP contribution in [0.3, 0.4) is 0 Å². The van der Waals surface area contributed by atoms with E-state index in [1.807, 2.05) is 26.8 Å². The molecule has 0 radical (unpaired) electrons. The Balaban J connectivity index is 1.57. The van der Waals surface area contributed by atoms with Crippen LogP contribution < -0.4 is 15.1 Å². The van der Waals surface area contributed by atoms with Gasteiger partial charge in [-0.3, -0.25) is 4.79 Å². The van der Waals surface area contributed by atoms with E-state index in [2.05, 4.69) is 41.7 Å². The highest BCUT2D eigenvalue weighted by Crippen LogP contribution is 2.14. The molecule has 2 heterocycles. The van der Waals surface area contributed by atoms with E-state index in [1.165, 1.54) is 15.4 Å². The van der Waals surface area contributed by atoms with Gasteiger partial charge < -0.3 is 15.1 Å². The van der Waals surface area contributed by atoms with Crippen LogP contribution in [0.15, 0.2) is 18.2 Å². The number of tetrazole rings is 1. The van der Waals surface area contributed by atoms with Gasteiger partial charge >= 0.3 is 0 Å². The lowest BCUT2D eigenvalue weighted by molar-refractivity contribution is -1.02. The number of aromatic nitrogens is 4. The minimum absolute atomic E-state index is 0.120. The van der Waals surface area contributed by atoms with E-state index >= 15 is 0 Å². The molecule has 2 aromatic rings. The summed E-state index contributed by atoms with van der Waals surface area (Å²) in [5.74, 6) is 0.120. The summed E-state index contributed by atoms with van der Waals surface area (Å²) in [5.41, 5.74) is 3.14. The first-order valence-corrected chi connectivity index (χ1v) is 10.6. The Morgan fingerprint density at radius 3 is 2.41 bits per heavy atom. The summed E-state index contributed by atoms with van der Waals surface area (Å²) in [4.78, 5) is 14.9. The molecule has 1 fully saturated rings. The van der Waals surface area contributed by atoms with Gasteiger partial charge in [-0.2, -0.15) is 9.36 Å². The molecule has 0 aliphatic carbocycles. The SMILES string of the molecule is Cc1ccc(-n2nnn(C[NH+]3CC[NH+](CC(=O)NC(C)(C)C)CC3)c2=S)c(C)c1. The maximum atomic E-state index is 12.2. The molecule has 3 N–H and O–H groups in total. The number of aryl methyl sites for hydroxylation is 2. The molecule has 158 valence electrons. The Bertz CT molecular complexity index is 920. The van der Waals surface area contributed by atoms with Crippen LogP contribution in [-0.2, 0) is 11.5 Å². The molecule has 3 rings (SSSR count). The second-order valence-electron chi connectivity index (χ2n) is 9.10. The van der Waals surface area contributed by atoms with Gasteiger partial charge in [0.2, 0.25) is 4.77 Å². The summed E-state index contributed by atoms with van der Waals surface area (Å²) in [6.45, 7) is 15.3. The number of carbonyl (C=O) groups is 1. The Morgan fingerprint density at radius 2 is 1.79 bits per heavy atom. The van der Waals surface area contributed by atoms with E-state index in [9.17, 15) is 4.79 Å². The van der Waals surface area contributed by atoms with Gasteiger partial charge in [-0.1, -0.05) is 17.7 Å². The van der Waals surface area contributed by atoms with Gasteiger partial charge in [0, 0.05) is 5.54 Å². The lowest BCUT2D eigenvalue weighted by Crippen LogP contribution is -3.28. The van der Waals surface area contributed by atoms with Gasteiger partial charge in [-0.25, -0.2) is 0 Å². The van der Waals surface area contributed by atoms with Crippen LogP contribution in [0.2, 0.25) is 0 Å². The van der Waals surface area contributed by atoms with E-state index in [1.54, 1.807) is 9.36 Å². The fraction of sp³-hybridized carbons (Fsp3) is 0.600. The molecule has 1 aliphatic rings. The Labute approximate surface area is 177 Å². The number of nitrogens with zero attached hydrogens (tertiary/aromatic N) is 4. The zero-order valence-electron chi connectivity index (χ0n) is 18.1. The van der Waals surface area contributed by atoms with Gasteiger partial charge in [-0.15, -0.1) is 0 Å². The molecule has 1 saturated heterocycles. The number of nitrogens with one attached hydrogen (secondary N) is 3. The topological polar surface area (TPSA) is 73.6 Å². The lowest BCUT2D eigenvalue weighted by atomic mass is 10.1. The third kappa shape index (κ3) is 5.71. The van der Waals surface area contributed by atoms with Crippen molar-refractivity contribution < 1.29 is 14.6 Å². The van der Waals surface area contributed by atoms with Crippen LogP contribution in [-0.4, -0.2) is 64.0 Å². The first-order chi connectivity index (χ1) is 13.6. The van der Waals surface area contributed by atoms with E-state index in [0.29, 0.717) is 18.0 Å². The molecular formula is C20H33N7OS+2. The van der Waals surface area contributed by atoms with Crippen molar-refractivity contribution in [2.24, 2.45) is 0 Å². The molecule has 1 aromatic heterocycles. The van der Waals surface area contributed by atoms with Crippen molar-refractivity contribution in [1.82, 2.24) is 25.1 Å². The van der Waals surface area contributed by atoms with Gasteiger partial charge in [-0.05, 0) is 68.9 Å². The number of carbonyl (C=O) groups excluding carboxylic acids is 1. The molecule has 0 unspecified atom stereocenters. The Hall–Kier alpha value is -2.10. The summed E-state index contributed by atoms with van der Waals surface area (Å²) < 4.78 is 4.16. The molecule has 1 amide bonds. The monoisotopic (exact) mass is 419 g/mol. The number of hydrogen-bond acceptors (Lipinski definition) is 4. The quantitative estimate of drug-likeness (QED) is 0.548. The van der Waals surface area contributed by atoms with Crippen molar-refractivity contribution in [3.8, 4) is 5.69 Å². The van der Waals surface area contributed by atoms with Crippen LogP contribution in [0.5, 0.6) is 0 Å². The highest BCUT2D eigenvalue weighted by Gasteiger charge is 2.26. The number of rotatable bonds is 5. The summed E-state index contributed by atoms with van der Waals surface area (Å²) >= 11 is 5.63. The fourth-order valence-electron chi connectivity index (χ4n) is 3.76. The first kappa shape index (κ1) is 21.6. The molecule has 0 spiro atoms. The van der Waals surface area contributed by atoms with E-state index in [-0.39, 0.29) is 11.4 Å². The number of piperazine rings is 1. The minimum Gasteiger partial charge on any atom is -0.347 e. The highest BCUT2D eigenvalue weighted by molar-refractivity contribution is 7.71. The molecule has 0 bridgehead atoms. The molecule has 29 heavy (non-hydrogen) atoms. The number of quaternary nitrogens is 2. The van der Waals surface area contributed by atoms with Crippen molar-refractivity contribution >= 4 is 18.1 Å². The number of amides is 1. The van der Waals surface area contributed by atoms with Gasteiger partial charge in [0.1, 0.15) is 26.2 Å². The molecule has 8 nitrogen and oxygen atoms in total. The summed E-state index contributed by atoms with van der Waals surface area (Å²) in [5, 5.41) is 11.6. The molecule has 0 saturated carbocycles. The van der Waals surface area contributed by atoms with Crippen molar-refractivity contribution in [3.05, 3.63) is 34.1 Å². The van der Waals surface area contributed by atoms with Gasteiger partial charge in [0.25, 0.3) is 5.91 Å². The maximum absolute atomic E-state index is 12.2. The van der Waals surface area contributed by atoms with Gasteiger partial charge in [0.15, 0.2) is 13.2 Å². The number of benzene rings is 1. The van der Waals surface area contributed by atoms with E-state index in [0.717, 1.165) is 37.4 Å². The zero-order chi connectivity index (χ0) is 21.2. The van der Waals surface area contributed by atoms with Crippen LogP contribution in [0.1, 0.15) is 31.9 Å². The van der Waals surface area contributed by atoms with Crippen molar-refractivity contribution in [3.63, 3.8) is 0 Å². The zero-order valence-corrected chi connectivity index (χ0v) is 18.9. The second-order valence-corrected chi connectivity index (χ2v) is 9.46. The normalized spacial score (nSPS) is 19.9. The smallest absolute Gasteiger partial charge is 0.275 e. The van der Waals surface area contributed by atoms with E-state index in [4.69, 9.17) is 12.2 Å². The molecule has 1 aromatic carbocycles. The largest absolute Gasteiger partial charge is 0.347 e. The second kappa shape index (κ2) is 8.73. The Kier molecular flexibility index (Phi) is 6.50.